The highest BCUT2D eigenvalue weighted by Gasteiger charge is 2.43. The summed E-state index contributed by atoms with van der Waals surface area (Å²) in [6.45, 7) is 1.88. The molecule has 1 N–H and O–H groups in total. The molecule has 3 aromatic rings. The maximum absolute atomic E-state index is 13.1. The Hall–Kier alpha value is -4.00. The number of benzene rings is 3. The lowest BCUT2D eigenvalue weighted by molar-refractivity contribution is -0.166. The van der Waals surface area contributed by atoms with Gasteiger partial charge in [-0.2, -0.15) is 13.2 Å². The second-order valence-corrected chi connectivity index (χ2v) is 7.03. The summed E-state index contributed by atoms with van der Waals surface area (Å²) in [7, 11) is 0. The summed E-state index contributed by atoms with van der Waals surface area (Å²) in [6.07, 6.45) is -4.33. The number of amides is 1. The van der Waals surface area contributed by atoms with Gasteiger partial charge in [0.15, 0.2) is 5.78 Å². The second kappa shape index (κ2) is 9.43. The van der Waals surface area contributed by atoms with Crippen LogP contribution in [-0.2, 0) is 4.79 Å². The highest BCUT2D eigenvalue weighted by molar-refractivity contribution is 6.30. The Morgan fingerprint density at radius 3 is 2.09 bits per heavy atom. The average Bonchev–Trinajstić information content (AvgIpc) is 2.77. The van der Waals surface area contributed by atoms with Crippen LogP contribution in [0, 0.1) is 6.92 Å². The van der Waals surface area contributed by atoms with Crippen LogP contribution >= 0.6 is 0 Å². The summed E-state index contributed by atoms with van der Waals surface area (Å²) >= 11 is 0. The molecule has 0 saturated heterocycles. The van der Waals surface area contributed by atoms with Crippen molar-refractivity contribution in [3.05, 3.63) is 107 Å². The van der Waals surface area contributed by atoms with E-state index < -0.39 is 29.2 Å². The number of hydrogen-bond donors (Lipinski definition) is 1. The van der Waals surface area contributed by atoms with E-state index in [9.17, 15) is 27.6 Å². The number of Topliss-reactive ketones (excluding diaryl/α,β-unsaturated/α-hetero) is 2. The average molecular weight is 437 g/mol. The van der Waals surface area contributed by atoms with E-state index in [1.165, 1.54) is 42.5 Å². The fourth-order valence-electron chi connectivity index (χ4n) is 2.91. The number of anilines is 1. The van der Waals surface area contributed by atoms with Gasteiger partial charge in [-0.3, -0.25) is 14.4 Å². The van der Waals surface area contributed by atoms with Crippen molar-refractivity contribution >= 4 is 29.2 Å². The van der Waals surface area contributed by atoms with Gasteiger partial charge in [0.1, 0.15) is 0 Å². The maximum Gasteiger partial charge on any atom is 0.455 e. The van der Waals surface area contributed by atoms with Crippen LogP contribution < -0.4 is 5.32 Å². The van der Waals surface area contributed by atoms with Crippen LogP contribution in [0.5, 0.6) is 0 Å². The first kappa shape index (κ1) is 22.7. The van der Waals surface area contributed by atoms with Crippen molar-refractivity contribution in [3.63, 3.8) is 0 Å². The van der Waals surface area contributed by atoms with Gasteiger partial charge >= 0.3 is 6.18 Å². The first-order valence-electron chi connectivity index (χ1n) is 9.56. The highest BCUT2D eigenvalue weighted by atomic mass is 19.4. The van der Waals surface area contributed by atoms with Crippen LogP contribution in [0.1, 0.15) is 31.8 Å². The van der Waals surface area contributed by atoms with Crippen molar-refractivity contribution in [1.82, 2.24) is 0 Å². The molecule has 4 nitrogen and oxygen atoms in total. The number of rotatable bonds is 6. The molecule has 3 rings (SSSR count). The Bertz CT molecular complexity index is 1180. The highest BCUT2D eigenvalue weighted by Crippen LogP contribution is 2.25. The zero-order chi connectivity index (χ0) is 23.3. The van der Waals surface area contributed by atoms with Crippen LogP contribution in [0.2, 0.25) is 0 Å². The van der Waals surface area contributed by atoms with Crippen molar-refractivity contribution in [3.8, 4) is 0 Å². The van der Waals surface area contributed by atoms with E-state index in [4.69, 9.17) is 0 Å². The largest absolute Gasteiger partial charge is 0.455 e. The molecule has 0 heterocycles. The minimum absolute atomic E-state index is 0.0415. The summed E-state index contributed by atoms with van der Waals surface area (Å²) < 4.78 is 39.4. The predicted octanol–water partition coefficient (Wildman–Crippen LogP) is 5.65. The molecule has 0 bridgehead atoms. The number of halogens is 3. The summed E-state index contributed by atoms with van der Waals surface area (Å²) in [4.78, 5) is 37.0. The standard InChI is InChI=1S/C25H18F3NO3/c1-16-10-12-19(13-11-16)24(32)29-20-9-5-6-17(14-20)15-21(23(31)25(26,27)28)22(30)18-7-3-2-4-8-18/h2-15H,1H3,(H,29,32). The molecule has 0 spiro atoms. The lowest BCUT2D eigenvalue weighted by atomic mass is 9.97. The third-order valence-electron chi connectivity index (χ3n) is 4.55. The first-order chi connectivity index (χ1) is 15.1. The Balaban J connectivity index is 1.93. The number of ketones is 2. The molecule has 0 aliphatic heterocycles. The lowest BCUT2D eigenvalue weighted by Crippen LogP contribution is -2.28. The predicted molar refractivity (Wildman–Crippen MR) is 115 cm³/mol. The van der Waals surface area contributed by atoms with E-state index in [-0.39, 0.29) is 11.1 Å². The van der Waals surface area contributed by atoms with Crippen LogP contribution in [-0.4, -0.2) is 23.6 Å². The summed E-state index contributed by atoms with van der Waals surface area (Å²) in [5, 5.41) is 2.65. The van der Waals surface area contributed by atoms with E-state index in [1.807, 2.05) is 6.92 Å². The fraction of sp³-hybridized carbons (Fsp3) is 0.0800. The number of carbonyl (C=O) groups excluding carboxylic acids is 3. The topological polar surface area (TPSA) is 63.2 Å². The van der Waals surface area contributed by atoms with Crippen LogP contribution in [0.4, 0.5) is 18.9 Å². The summed E-state index contributed by atoms with van der Waals surface area (Å²) in [5.74, 6) is -3.68. The SMILES string of the molecule is Cc1ccc(C(=O)Nc2cccc(C=C(C(=O)c3ccccc3)C(=O)C(F)(F)F)c2)cc1. The minimum atomic E-state index is -5.21. The van der Waals surface area contributed by atoms with Gasteiger partial charge in [0.25, 0.3) is 11.7 Å². The molecular weight excluding hydrogens is 419 g/mol. The van der Waals surface area contributed by atoms with Gasteiger partial charge < -0.3 is 5.32 Å². The smallest absolute Gasteiger partial charge is 0.322 e. The molecule has 32 heavy (non-hydrogen) atoms. The normalized spacial score (nSPS) is 11.7. The molecule has 0 aliphatic carbocycles. The van der Waals surface area contributed by atoms with Gasteiger partial charge in [0.05, 0.1) is 5.57 Å². The quantitative estimate of drug-likeness (QED) is 0.235. The van der Waals surface area contributed by atoms with Crippen LogP contribution in [0.25, 0.3) is 6.08 Å². The third-order valence-corrected chi connectivity index (χ3v) is 4.55. The van der Waals surface area contributed by atoms with Gasteiger partial charge in [-0.15, -0.1) is 0 Å². The van der Waals surface area contributed by atoms with Crippen molar-refractivity contribution in [2.75, 3.05) is 5.32 Å². The first-order valence-corrected chi connectivity index (χ1v) is 9.56. The van der Waals surface area contributed by atoms with E-state index in [2.05, 4.69) is 5.32 Å². The number of allylic oxidation sites excluding steroid dienone is 1. The molecule has 0 unspecified atom stereocenters. The van der Waals surface area contributed by atoms with E-state index in [1.54, 1.807) is 36.4 Å². The van der Waals surface area contributed by atoms with E-state index in [0.29, 0.717) is 11.3 Å². The number of hydrogen-bond acceptors (Lipinski definition) is 3. The molecule has 0 aromatic heterocycles. The second-order valence-electron chi connectivity index (χ2n) is 7.03. The maximum atomic E-state index is 13.1. The number of carbonyl (C=O) groups is 3. The number of aryl methyl sites for hydroxylation is 1. The molecule has 7 heteroatoms. The third kappa shape index (κ3) is 5.57. The summed E-state index contributed by atoms with van der Waals surface area (Å²) in [5.41, 5.74) is 0.798. The molecule has 162 valence electrons. The van der Waals surface area contributed by atoms with Gasteiger partial charge in [-0.05, 0) is 42.8 Å². The number of alkyl halides is 3. The Labute approximate surface area is 182 Å². The fourth-order valence-corrected chi connectivity index (χ4v) is 2.91. The monoisotopic (exact) mass is 437 g/mol. The Morgan fingerprint density at radius 2 is 1.47 bits per heavy atom. The van der Waals surface area contributed by atoms with E-state index >= 15 is 0 Å². The molecule has 3 aromatic carbocycles. The number of nitrogens with one attached hydrogen (secondary N) is 1. The molecular formula is C25H18F3NO3. The summed E-state index contributed by atoms with van der Waals surface area (Å²) in [6, 6.07) is 20.0. The van der Waals surface area contributed by atoms with Gasteiger partial charge in [0, 0.05) is 16.8 Å². The zero-order valence-corrected chi connectivity index (χ0v) is 16.9. The Kier molecular flexibility index (Phi) is 6.68. The zero-order valence-electron chi connectivity index (χ0n) is 16.9. The van der Waals surface area contributed by atoms with E-state index in [0.717, 1.165) is 11.6 Å². The molecule has 0 atom stereocenters. The van der Waals surface area contributed by atoms with Gasteiger partial charge in [0.2, 0.25) is 0 Å². The van der Waals surface area contributed by atoms with Crippen LogP contribution in [0.3, 0.4) is 0 Å². The minimum Gasteiger partial charge on any atom is -0.322 e. The van der Waals surface area contributed by atoms with Gasteiger partial charge in [-0.1, -0.05) is 60.2 Å². The molecule has 0 fully saturated rings. The van der Waals surface area contributed by atoms with Crippen molar-refractivity contribution in [2.45, 2.75) is 13.1 Å². The van der Waals surface area contributed by atoms with Crippen LogP contribution in [0.15, 0.2) is 84.4 Å². The Morgan fingerprint density at radius 1 is 0.812 bits per heavy atom. The van der Waals surface area contributed by atoms with Crippen molar-refractivity contribution in [2.24, 2.45) is 0 Å². The van der Waals surface area contributed by atoms with Crippen molar-refractivity contribution < 1.29 is 27.6 Å². The molecule has 0 saturated carbocycles. The molecule has 0 radical (unpaired) electrons. The molecule has 0 aliphatic rings. The molecule has 1 amide bonds. The van der Waals surface area contributed by atoms with Gasteiger partial charge in [-0.25, -0.2) is 0 Å². The lowest BCUT2D eigenvalue weighted by Gasteiger charge is -2.10. The van der Waals surface area contributed by atoms with Crippen molar-refractivity contribution in [1.29, 1.82) is 0 Å².